The standard InChI is InChI=1S/C23H30N3O9P.C16H31NO4.C14H14ClOP.C10H19NO4.C6H14O/c1-5-17(6-2)15-33-23(27)22(16(3)4)24-36(32,34-20-11-7-18(8-12-20)25(28)29)35-21-13-9-19(10-14-21)26(30)31;1-8-12(9-2)10-20-14(18)13(11(3)4)17-15(19)21-16(5,6)7;15-17(16,11-13-7-3-1-4-8-13)12-14-9-5-2-6-10-14;1-6(2)7(8(12)13)11-9(14)15-10(3,4)5;1-3-6(4-2)5-7/h7-14,16-17,22H,5-6,15H2,1-4H3,(H,24,32);11-13H,8-10H2,1-7H3,(H,17,19);1-10H,11-12H2;6-7H,1-5H3,(H,11,14)(H,12,13);6-7H,3-5H2,1-2H3/t22-;13-;;7-;/m00.0./s1. The fourth-order valence-electron chi connectivity index (χ4n) is 8.07. The summed E-state index contributed by atoms with van der Waals surface area (Å²) in [5, 5.41) is 46.8. The van der Waals surface area contributed by atoms with Gasteiger partial charge in [0.25, 0.3) is 11.4 Å². The van der Waals surface area contributed by atoms with Crippen LogP contribution in [0, 0.1) is 55.7 Å². The van der Waals surface area contributed by atoms with Crippen LogP contribution in [-0.2, 0) is 54.8 Å². The Morgan fingerprint density at radius 2 is 0.823 bits per heavy atom. The van der Waals surface area contributed by atoms with Gasteiger partial charge in [0.15, 0.2) is 6.49 Å². The normalized spacial score (nSPS) is 12.4. The highest BCUT2D eigenvalue weighted by atomic mass is 35.7. The highest BCUT2D eigenvalue weighted by Gasteiger charge is 2.38. The van der Waals surface area contributed by atoms with Crippen LogP contribution in [0.3, 0.4) is 0 Å². The average Bonchev–Trinajstić information content (AvgIpc) is 0.824. The summed E-state index contributed by atoms with van der Waals surface area (Å²) in [6.07, 6.45) is 5.40. The number of esters is 2. The molecule has 0 saturated heterocycles. The summed E-state index contributed by atoms with van der Waals surface area (Å²) in [5.41, 5.74) is 0.441. The molecule has 0 fully saturated rings. The van der Waals surface area contributed by atoms with Gasteiger partial charge in [0.2, 0.25) is 0 Å². The van der Waals surface area contributed by atoms with Crippen molar-refractivity contribution in [1.82, 2.24) is 15.7 Å². The Balaban J connectivity index is 0.00000128. The van der Waals surface area contributed by atoms with Crippen molar-refractivity contribution in [3.8, 4) is 11.5 Å². The van der Waals surface area contributed by atoms with Gasteiger partial charge in [-0.15, -0.1) is 0 Å². The second kappa shape index (κ2) is 45.4. The molecule has 4 aromatic carbocycles. The molecule has 0 bridgehead atoms. The van der Waals surface area contributed by atoms with Crippen LogP contribution in [0.15, 0.2) is 109 Å². The van der Waals surface area contributed by atoms with Crippen LogP contribution in [0.2, 0.25) is 0 Å². The molecule has 27 heteroatoms. The third kappa shape index (κ3) is 39.2. The molecular formula is C69H108ClN5O19P2. The van der Waals surface area contributed by atoms with Gasteiger partial charge >= 0.3 is 37.8 Å². The minimum absolute atomic E-state index is 0.0220. The predicted molar refractivity (Wildman–Crippen MR) is 375 cm³/mol. The summed E-state index contributed by atoms with van der Waals surface area (Å²) in [6.45, 7) is 31.7. The number of carbonyl (C=O) groups excluding carboxylic acids is 4. The number of alkyl carbamates (subject to hydrolysis) is 2. The molecule has 2 amide bonds. The summed E-state index contributed by atoms with van der Waals surface area (Å²) in [6, 6.07) is 26.4. The first-order chi connectivity index (χ1) is 44.7. The van der Waals surface area contributed by atoms with Gasteiger partial charge in [0.1, 0.15) is 40.8 Å². The molecule has 0 unspecified atom stereocenters. The lowest BCUT2D eigenvalue weighted by molar-refractivity contribution is -0.385. The van der Waals surface area contributed by atoms with Crippen LogP contribution in [0.1, 0.15) is 174 Å². The number of nitrogens with zero attached hydrogens (tertiary/aromatic N) is 2. The zero-order chi connectivity index (χ0) is 73.6. The molecule has 540 valence electrons. The molecule has 3 atom stereocenters. The number of hydrogen-bond donors (Lipinski definition) is 5. The van der Waals surface area contributed by atoms with Crippen molar-refractivity contribution in [3.05, 3.63) is 141 Å². The average molecular weight is 1410 g/mol. The van der Waals surface area contributed by atoms with Crippen molar-refractivity contribution >= 4 is 67.0 Å². The number of nitro groups is 2. The van der Waals surface area contributed by atoms with Gasteiger partial charge in [0.05, 0.1) is 23.1 Å². The smallest absolute Gasteiger partial charge is 0.480 e. The molecule has 4 rings (SSSR count). The molecule has 96 heavy (non-hydrogen) atoms. The fourth-order valence-corrected chi connectivity index (χ4v) is 12.2. The zero-order valence-electron chi connectivity index (χ0n) is 59.4. The highest BCUT2D eigenvalue weighted by Crippen LogP contribution is 2.57. The monoisotopic (exact) mass is 1410 g/mol. The Bertz CT molecular complexity index is 2890. The second-order valence-corrected chi connectivity index (χ2v) is 31.4. The van der Waals surface area contributed by atoms with Gasteiger partial charge in [-0.25, -0.2) is 23.7 Å². The number of halogens is 1. The summed E-state index contributed by atoms with van der Waals surface area (Å²) in [5.74, 6) is -1.69. The molecule has 0 aliphatic heterocycles. The molecule has 5 N–H and O–H groups in total. The molecule has 0 heterocycles. The van der Waals surface area contributed by atoms with Crippen molar-refractivity contribution in [2.24, 2.45) is 35.5 Å². The second-order valence-electron chi connectivity index (χ2n) is 25.7. The largest absolute Gasteiger partial charge is 0.513 e. The first kappa shape index (κ1) is 88.9. The molecule has 0 saturated carbocycles. The molecule has 0 radical (unpaired) electrons. The number of carboxylic acids is 1. The van der Waals surface area contributed by atoms with E-state index < -0.39 is 83.5 Å². The number of ether oxygens (including phenoxy) is 4. The van der Waals surface area contributed by atoms with E-state index in [-0.39, 0.29) is 53.2 Å². The Morgan fingerprint density at radius 1 is 0.510 bits per heavy atom. The first-order valence-corrected chi connectivity index (χ1v) is 37.0. The Morgan fingerprint density at radius 3 is 1.08 bits per heavy atom. The number of non-ortho nitro benzene ring substituents is 2. The summed E-state index contributed by atoms with van der Waals surface area (Å²) < 4.78 is 58.2. The van der Waals surface area contributed by atoms with Crippen LogP contribution in [-0.4, -0.2) is 99.3 Å². The highest BCUT2D eigenvalue weighted by molar-refractivity contribution is 7.87. The van der Waals surface area contributed by atoms with E-state index in [0.717, 1.165) is 73.9 Å². The zero-order valence-corrected chi connectivity index (χ0v) is 61.9. The molecule has 0 spiro atoms. The van der Waals surface area contributed by atoms with Crippen molar-refractivity contribution in [2.75, 3.05) is 19.8 Å². The number of nitrogens with one attached hydrogen (secondary N) is 3. The van der Waals surface area contributed by atoms with Gasteiger partial charge in [0, 0.05) is 43.2 Å². The number of aliphatic hydroxyl groups is 1. The number of hydrogen-bond acceptors (Lipinski definition) is 18. The Kier molecular flexibility index (Phi) is 42.1. The number of nitro benzene ring substituents is 2. The van der Waals surface area contributed by atoms with Gasteiger partial charge in [-0.05, 0) is 112 Å². The van der Waals surface area contributed by atoms with Crippen molar-refractivity contribution < 1.29 is 81.2 Å². The van der Waals surface area contributed by atoms with E-state index in [1.807, 2.05) is 88.4 Å². The number of amides is 2. The van der Waals surface area contributed by atoms with Crippen LogP contribution < -0.4 is 24.8 Å². The van der Waals surface area contributed by atoms with Gasteiger partial charge in [-0.3, -0.25) is 25.0 Å². The fraction of sp³-hybridized carbons (Fsp3) is 0.580. The van der Waals surface area contributed by atoms with E-state index in [4.69, 9.17) is 49.4 Å². The molecular weight excluding hydrogens is 1300 g/mol. The third-order valence-corrected chi connectivity index (χ3v) is 18.0. The lowest BCUT2D eigenvalue weighted by Gasteiger charge is -2.27. The van der Waals surface area contributed by atoms with Crippen LogP contribution >= 0.6 is 25.5 Å². The number of carboxylic acid groups (broad SMARTS) is 1. The van der Waals surface area contributed by atoms with Crippen LogP contribution in [0.5, 0.6) is 11.5 Å². The maximum Gasteiger partial charge on any atom is 0.513 e. The molecule has 4 aromatic rings. The summed E-state index contributed by atoms with van der Waals surface area (Å²) in [4.78, 5) is 79.5. The number of benzene rings is 4. The molecule has 0 aliphatic rings. The van der Waals surface area contributed by atoms with E-state index in [1.165, 1.54) is 24.3 Å². The predicted octanol–water partition coefficient (Wildman–Crippen LogP) is 17.1. The minimum atomic E-state index is -4.36. The summed E-state index contributed by atoms with van der Waals surface area (Å²) >= 11 is 6.16. The van der Waals surface area contributed by atoms with Gasteiger partial charge < -0.3 is 53.4 Å². The van der Waals surface area contributed by atoms with E-state index in [0.29, 0.717) is 37.4 Å². The van der Waals surface area contributed by atoms with Crippen molar-refractivity contribution in [1.29, 1.82) is 0 Å². The summed E-state index contributed by atoms with van der Waals surface area (Å²) in [7, 11) is -4.36. The minimum Gasteiger partial charge on any atom is -0.480 e. The van der Waals surface area contributed by atoms with Gasteiger partial charge in [-0.1, -0.05) is 194 Å². The van der Waals surface area contributed by atoms with E-state index in [9.17, 15) is 53.3 Å². The topological polar surface area (TPSA) is 338 Å². The van der Waals surface area contributed by atoms with Crippen molar-refractivity contribution in [3.63, 3.8) is 0 Å². The van der Waals surface area contributed by atoms with Gasteiger partial charge in [-0.2, -0.15) is 5.09 Å². The Labute approximate surface area is 573 Å². The van der Waals surface area contributed by atoms with E-state index in [2.05, 4.69) is 43.4 Å². The lowest BCUT2D eigenvalue weighted by Crippen LogP contribution is -2.47. The van der Waals surface area contributed by atoms with Crippen LogP contribution in [0.4, 0.5) is 21.0 Å². The van der Waals surface area contributed by atoms with Crippen molar-refractivity contribution in [2.45, 2.75) is 205 Å². The van der Waals surface area contributed by atoms with Crippen LogP contribution in [0.25, 0.3) is 0 Å². The molecule has 24 nitrogen and oxygen atoms in total. The number of rotatable bonds is 31. The first-order valence-electron chi connectivity index (χ1n) is 32.5. The number of aliphatic hydroxyl groups excluding tert-OH is 1. The number of aliphatic carboxylic acids is 1. The van der Waals surface area contributed by atoms with E-state index >= 15 is 0 Å². The number of carbonyl (C=O) groups is 5. The molecule has 0 aromatic heterocycles. The third-order valence-electron chi connectivity index (χ3n) is 14.1. The maximum absolute atomic E-state index is 13.8. The SMILES string of the molecule is CC(C)[C@H](NC(=O)OC(C)(C)C)C(=O)O.CCC(CC)CO.CCC(CC)COC(=O)[C@@H](NC(=O)OC(C)(C)C)C(C)C.CCC(CC)COC(=O)[C@@H](NP(=O)(Oc1ccc([N+](=O)[O-])cc1)Oc1ccc([N+](=O)[O-])cc1)C(C)C.O=P(Cl)(Cc1ccccc1)Cc1ccccc1. The quantitative estimate of drug-likeness (QED) is 0.0103. The molecule has 0 aliphatic carbocycles. The lowest BCUT2D eigenvalue weighted by atomic mass is 10.0. The van der Waals surface area contributed by atoms with E-state index in [1.54, 1.807) is 69.2 Å². The maximum atomic E-state index is 13.8. The Hall–Kier alpha value is -7.10.